The molecule has 3 rings (SSSR count). The van der Waals surface area contributed by atoms with Crippen LogP contribution in [-0.2, 0) is 7.05 Å². The summed E-state index contributed by atoms with van der Waals surface area (Å²) >= 11 is 2.25. The predicted molar refractivity (Wildman–Crippen MR) is 78.8 cm³/mol. The van der Waals surface area contributed by atoms with Crippen molar-refractivity contribution in [3.63, 3.8) is 0 Å². The van der Waals surface area contributed by atoms with Crippen molar-refractivity contribution in [1.29, 1.82) is 0 Å². The first-order chi connectivity index (χ1) is 9.16. The molecule has 0 bridgehead atoms. The first kappa shape index (κ1) is 12.3. The van der Waals surface area contributed by atoms with E-state index in [0.717, 1.165) is 15.0 Å². The van der Waals surface area contributed by atoms with E-state index in [1.807, 2.05) is 22.9 Å². The summed E-state index contributed by atoms with van der Waals surface area (Å²) in [5.74, 6) is 0.590. The van der Waals surface area contributed by atoms with E-state index in [1.165, 1.54) is 10.4 Å². The fourth-order valence-corrected chi connectivity index (χ4v) is 2.61. The van der Waals surface area contributed by atoms with Gasteiger partial charge in [0.1, 0.15) is 3.70 Å². The van der Waals surface area contributed by atoms with Gasteiger partial charge in [-0.25, -0.2) is 4.68 Å². The van der Waals surface area contributed by atoms with Gasteiger partial charge >= 0.3 is 0 Å². The number of aryl methyl sites for hydroxylation is 2. The summed E-state index contributed by atoms with van der Waals surface area (Å²) in [6.07, 6.45) is 1.77. The molecule has 0 atom stereocenters. The molecule has 0 amide bonds. The zero-order valence-electron chi connectivity index (χ0n) is 10.4. The fraction of sp³-hybridized carbons (Fsp3) is 0.167. The molecule has 0 aliphatic rings. The molecule has 0 saturated carbocycles. The molecule has 0 aliphatic carbocycles. The second-order valence-corrected chi connectivity index (χ2v) is 5.17. The van der Waals surface area contributed by atoms with E-state index >= 15 is 0 Å². The van der Waals surface area contributed by atoms with Crippen LogP contribution in [0.2, 0.25) is 0 Å². The van der Waals surface area contributed by atoms with Crippen molar-refractivity contribution in [1.82, 2.24) is 30.0 Å². The largest absolute Gasteiger partial charge is 0.227 e. The van der Waals surface area contributed by atoms with Crippen molar-refractivity contribution in [2.75, 3.05) is 0 Å². The highest BCUT2D eigenvalue weighted by molar-refractivity contribution is 14.1. The maximum atomic E-state index is 4.42. The first-order valence-corrected chi connectivity index (χ1v) is 6.78. The number of halogens is 1. The number of benzene rings is 1. The lowest BCUT2D eigenvalue weighted by Crippen LogP contribution is -2.01. The molecule has 1 aromatic carbocycles. The Morgan fingerprint density at radius 1 is 1.21 bits per heavy atom. The van der Waals surface area contributed by atoms with Gasteiger partial charge in [-0.2, -0.15) is 9.90 Å². The van der Waals surface area contributed by atoms with Crippen molar-refractivity contribution in [3.8, 4) is 17.1 Å². The van der Waals surface area contributed by atoms with Crippen LogP contribution in [0.3, 0.4) is 0 Å². The van der Waals surface area contributed by atoms with Crippen LogP contribution >= 0.6 is 22.6 Å². The van der Waals surface area contributed by atoms with E-state index in [4.69, 9.17) is 0 Å². The maximum absolute atomic E-state index is 4.42. The topological polar surface area (TPSA) is 61.4 Å². The molecule has 0 radical (unpaired) electrons. The Labute approximate surface area is 123 Å². The second-order valence-electron chi connectivity index (χ2n) is 4.15. The number of hydrogen-bond donors (Lipinski definition) is 0. The Kier molecular flexibility index (Phi) is 3.05. The summed E-state index contributed by atoms with van der Waals surface area (Å²) in [4.78, 5) is 1.44. The Bertz CT molecular complexity index is 729. The molecule has 0 saturated heterocycles. The lowest BCUT2D eigenvalue weighted by molar-refractivity contribution is 0.630. The third-order valence-corrected chi connectivity index (χ3v) is 3.84. The Morgan fingerprint density at radius 3 is 2.68 bits per heavy atom. The van der Waals surface area contributed by atoms with Crippen LogP contribution in [0.5, 0.6) is 0 Å². The number of nitrogens with zero attached hydrogens (tertiary/aromatic N) is 6. The molecular weight excluding hydrogens is 355 g/mol. The highest BCUT2D eigenvalue weighted by Crippen LogP contribution is 2.25. The average Bonchev–Trinajstić information content (AvgIpc) is 2.97. The number of tetrazole rings is 1. The third-order valence-electron chi connectivity index (χ3n) is 2.80. The minimum atomic E-state index is 0.590. The van der Waals surface area contributed by atoms with Crippen LogP contribution in [0.1, 0.15) is 5.56 Å². The monoisotopic (exact) mass is 366 g/mol. The van der Waals surface area contributed by atoms with E-state index in [0.29, 0.717) is 5.82 Å². The molecule has 96 valence electrons. The molecule has 2 aromatic heterocycles. The van der Waals surface area contributed by atoms with Gasteiger partial charge in [-0.05, 0) is 46.4 Å². The highest BCUT2D eigenvalue weighted by Gasteiger charge is 2.15. The van der Waals surface area contributed by atoms with E-state index in [1.54, 1.807) is 13.2 Å². The summed E-state index contributed by atoms with van der Waals surface area (Å²) < 4.78 is 2.86. The molecule has 7 heteroatoms. The van der Waals surface area contributed by atoms with Gasteiger partial charge in [-0.1, -0.05) is 18.2 Å². The number of aromatic nitrogens is 6. The van der Waals surface area contributed by atoms with Gasteiger partial charge < -0.3 is 0 Å². The third kappa shape index (κ3) is 2.14. The van der Waals surface area contributed by atoms with E-state index in [-0.39, 0.29) is 0 Å². The van der Waals surface area contributed by atoms with Crippen LogP contribution in [0.4, 0.5) is 0 Å². The lowest BCUT2D eigenvalue weighted by atomic mass is 10.2. The lowest BCUT2D eigenvalue weighted by Gasteiger charge is -2.06. The Morgan fingerprint density at radius 2 is 2.00 bits per heavy atom. The Hall–Kier alpha value is -1.77. The van der Waals surface area contributed by atoms with Gasteiger partial charge in [-0.15, -0.1) is 10.2 Å². The fourth-order valence-electron chi connectivity index (χ4n) is 1.84. The number of rotatable bonds is 2. The molecule has 0 spiro atoms. The standard InChI is InChI=1S/C12H11IN6/c1-8-5-3-4-6-10(8)19-11(13)9(7-14-19)12-15-17-18(2)16-12/h3-7H,1-2H3. The predicted octanol–water partition coefficient (Wildman–Crippen LogP) is 1.98. The SMILES string of the molecule is Cc1ccccc1-n1ncc(-c2nnn(C)n2)c1I. The second kappa shape index (κ2) is 4.72. The minimum Gasteiger partial charge on any atom is -0.227 e. The van der Waals surface area contributed by atoms with E-state index < -0.39 is 0 Å². The first-order valence-electron chi connectivity index (χ1n) is 5.70. The molecule has 3 aromatic rings. The smallest absolute Gasteiger partial charge is 0.209 e. The quantitative estimate of drug-likeness (QED) is 0.651. The van der Waals surface area contributed by atoms with Gasteiger partial charge in [0.25, 0.3) is 0 Å². The average molecular weight is 366 g/mol. The normalized spacial score (nSPS) is 10.9. The van der Waals surface area contributed by atoms with Crippen LogP contribution in [0.15, 0.2) is 30.5 Å². The molecule has 0 unspecified atom stereocenters. The zero-order chi connectivity index (χ0) is 13.4. The molecule has 6 nitrogen and oxygen atoms in total. The summed E-state index contributed by atoms with van der Waals surface area (Å²) in [6.45, 7) is 2.06. The molecule has 0 N–H and O–H groups in total. The Balaban J connectivity index is 2.12. The summed E-state index contributed by atoms with van der Waals surface area (Å²) in [6, 6.07) is 8.12. The zero-order valence-corrected chi connectivity index (χ0v) is 12.6. The molecule has 0 aliphatic heterocycles. The van der Waals surface area contributed by atoms with Gasteiger partial charge in [0.2, 0.25) is 5.82 Å². The van der Waals surface area contributed by atoms with Gasteiger partial charge in [0.15, 0.2) is 0 Å². The van der Waals surface area contributed by atoms with Crippen molar-refractivity contribution in [2.45, 2.75) is 6.92 Å². The van der Waals surface area contributed by atoms with Crippen LogP contribution < -0.4 is 0 Å². The maximum Gasteiger partial charge on any atom is 0.209 e. The molecule has 19 heavy (non-hydrogen) atoms. The van der Waals surface area contributed by atoms with Gasteiger partial charge in [0, 0.05) is 0 Å². The summed E-state index contributed by atoms with van der Waals surface area (Å²) in [7, 11) is 1.75. The molecule has 2 heterocycles. The molecule has 0 fully saturated rings. The van der Waals surface area contributed by atoms with Gasteiger partial charge in [0.05, 0.1) is 24.5 Å². The number of hydrogen-bond acceptors (Lipinski definition) is 4. The summed E-state index contributed by atoms with van der Waals surface area (Å²) in [5, 5.41) is 16.5. The van der Waals surface area contributed by atoms with Crippen molar-refractivity contribution in [2.24, 2.45) is 7.05 Å². The van der Waals surface area contributed by atoms with Crippen molar-refractivity contribution < 1.29 is 0 Å². The number of para-hydroxylation sites is 1. The summed E-state index contributed by atoms with van der Waals surface area (Å²) in [5.41, 5.74) is 3.11. The van der Waals surface area contributed by atoms with Crippen LogP contribution in [0.25, 0.3) is 17.1 Å². The highest BCUT2D eigenvalue weighted by atomic mass is 127. The van der Waals surface area contributed by atoms with E-state index in [2.05, 4.69) is 56.1 Å². The minimum absolute atomic E-state index is 0.590. The van der Waals surface area contributed by atoms with Crippen LogP contribution in [0, 0.1) is 10.6 Å². The van der Waals surface area contributed by atoms with Gasteiger partial charge in [-0.3, -0.25) is 0 Å². The molecular formula is C12H11IN6. The van der Waals surface area contributed by atoms with Crippen LogP contribution in [-0.4, -0.2) is 30.0 Å². The van der Waals surface area contributed by atoms with Crippen molar-refractivity contribution >= 4 is 22.6 Å². The van der Waals surface area contributed by atoms with E-state index in [9.17, 15) is 0 Å². The van der Waals surface area contributed by atoms with Crippen molar-refractivity contribution in [3.05, 3.63) is 39.7 Å².